The van der Waals surface area contributed by atoms with Crippen LogP contribution >= 0.6 is 0 Å². The summed E-state index contributed by atoms with van der Waals surface area (Å²) in [6.07, 6.45) is -1.75. The first-order chi connectivity index (χ1) is 18.7. The van der Waals surface area contributed by atoms with Gasteiger partial charge in [-0.1, -0.05) is 25.4 Å². The van der Waals surface area contributed by atoms with Crippen molar-refractivity contribution in [2.24, 2.45) is 5.92 Å². The van der Waals surface area contributed by atoms with E-state index in [9.17, 15) is 31.1 Å². The highest BCUT2D eigenvalue weighted by Crippen LogP contribution is 2.27. The summed E-state index contributed by atoms with van der Waals surface area (Å²) in [5.41, 5.74) is 0.0824. The fourth-order valence-electron chi connectivity index (χ4n) is 3.70. The van der Waals surface area contributed by atoms with E-state index in [1.54, 1.807) is 19.1 Å². The Bertz CT molecular complexity index is 1290. The van der Waals surface area contributed by atoms with Crippen LogP contribution in [0.4, 0.5) is 32.0 Å². The lowest BCUT2D eigenvalue weighted by Gasteiger charge is -2.11. The fraction of sp³-hybridized carbons (Fsp3) is 0.440. The van der Waals surface area contributed by atoms with Crippen LogP contribution in [-0.4, -0.2) is 49.9 Å². The van der Waals surface area contributed by atoms with Gasteiger partial charge in [-0.05, 0) is 31.7 Å². The molecule has 3 heterocycles. The average Bonchev–Trinajstić information content (AvgIpc) is 3.53. The largest absolute Gasteiger partial charge is 0.490 e. The SMILES string of the molecule is C.Cc1noc(Cc2cnc(C(F)(F)F)cn2)c1C(=O)Nc1ccc(OCC2CCCC2)nc1.O=C(O)C(F)(F)F. The van der Waals surface area contributed by atoms with Gasteiger partial charge in [0.05, 0.1) is 42.5 Å². The van der Waals surface area contributed by atoms with Gasteiger partial charge in [0.2, 0.25) is 5.88 Å². The predicted molar refractivity (Wildman–Crippen MR) is 131 cm³/mol. The smallest absolute Gasteiger partial charge is 0.477 e. The second kappa shape index (κ2) is 13.9. The number of rotatable bonds is 7. The second-order valence-electron chi connectivity index (χ2n) is 8.74. The molecule has 1 aliphatic rings. The highest BCUT2D eigenvalue weighted by atomic mass is 19.4. The van der Waals surface area contributed by atoms with Crippen LogP contribution in [0.15, 0.2) is 35.2 Å². The molecule has 10 nitrogen and oxygen atoms in total. The number of hydrogen-bond donors (Lipinski definition) is 2. The van der Waals surface area contributed by atoms with Crippen LogP contribution in [0.1, 0.15) is 66.3 Å². The van der Waals surface area contributed by atoms with Crippen LogP contribution < -0.4 is 10.1 Å². The Morgan fingerprint density at radius 2 is 1.71 bits per heavy atom. The average molecular weight is 592 g/mol. The lowest BCUT2D eigenvalue weighted by molar-refractivity contribution is -0.192. The molecule has 3 aromatic rings. The van der Waals surface area contributed by atoms with Crippen molar-refractivity contribution in [2.45, 2.75) is 58.8 Å². The zero-order valence-corrected chi connectivity index (χ0v) is 20.8. The Morgan fingerprint density at radius 3 is 2.22 bits per heavy atom. The Morgan fingerprint density at radius 1 is 1.05 bits per heavy atom. The molecule has 4 rings (SSSR count). The van der Waals surface area contributed by atoms with Gasteiger partial charge in [-0.25, -0.2) is 14.8 Å². The van der Waals surface area contributed by atoms with Crippen molar-refractivity contribution < 1.29 is 50.3 Å². The summed E-state index contributed by atoms with van der Waals surface area (Å²) in [6.45, 7) is 2.23. The van der Waals surface area contributed by atoms with Crippen molar-refractivity contribution in [1.29, 1.82) is 0 Å². The number of nitrogens with zero attached hydrogens (tertiary/aromatic N) is 4. The molecule has 2 N–H and O–H groups in total. The third-order valence-corrected chi connectivity index (χ3v) is 5.68. The van der Waals surface area contributed by atoms with E-state index in [-0.39, 0.29) is 30.9 Å². The van der Waals surface area contributed by atoms with Gasteiger partial charge in [0, 0.05) is 12.3 Å². The first-order valence-electron chi connectivity index (χ1n) is 11.8. The molecule has 16 heteroatoms. The maximum absolute atomic E-state index is 12.8. The number of alkyl halides is 6. The Labute approximate surface area is 230 Å². The summed E-state index contributed by atoms with van der Waals surface area (Å²) < 4.78 is 80.7. The summed E-state index contributed by atoms with van der Waals surface area (Å²) in [5, 5.41) is 13.7. The summed E-state index contributed by atoms with van der Waals surface area (Å²) >= 11 is 0. The summed E-state index contributed by atoms with van der Waals surface area (Å²) in [4.78, 5) is 33.1. The van der Waals surface area contributed by atoms with E-state index < -0.39 is 29.9 Å². The van der Waals surface area contributed by atoms with Gasteiger partial charge >= 0.3 is 18.3 Å². The number of hydrogen-bond acceptors (Lipinski definition) is 8. The molecule has 41 heavy (non-hydrogen) atoms. The van der Waals surface area contributed by atoms with E-state index in [0.717, 1.165) is 6.20 Å². The van der Waals surface area contributed by atoms with Crippen LogP contribution in [-0.2, 0) is 17.4 Å². The van der Waals surface area contributed by atoms with Crippen molar-refractivity contribution in [1.82, 2.24) is 20.1 Å². The van der Waals surface area contributed by atoms with E-state index in [2.05, 4.69) is 25.4 Å². The maximum Gasteiger partial charge on any atom is 0.490 e. The Kier molecular flexibility index (Phi) is 11.2. The van der Waals surface area contributed by atoms with Gasteiger partial charge in [0.25, 0.3) is 5.91 Å². The third-order valence-electron chi connectivity index (χ3n) is 5.68. The van der Waals surface area contributed by atoms with Crippen molar-refractivity contribution in [3.05, 3.63) is 59.1 Å². The van der Waals surface area contributed by atoms with Gasteiger partial charge in [0.15, 0.2) is 11.5 Å². The standard InChI is InChI=1S/C22H22F3N5O3.C2HF3O2.CH4/c1-13-20(17(33-30-13)8-16-10-27-18(11-26-16)22(23,24)25)21(31)29-15-6-7-19(28-9-15)32-12-14-4-2-3-5-14;3-2(4,5)1(6)7;/h6-7,9-11,14H,2-5,8,12H2,1H3,(H,29,31);(H,6,7);1H4. The number of nitrogens with one attached hydrogen (secondary N) is 1. The van der Waals surface area contributed by atoms with Crippen molar-refractivity contribution in [3.63, 3.8) is 0 Å². The van der Waals surface area contributed by atoms with E-state index in [1.807, 2.05) is 0 Å². The molecule has 0 atom stereocenters. The second-order valence-corrected chi connectivity index (χ2v) is 8.74. The van der Waals surface area contributed by atoms with Crippen molar-refractivity contribution in [3.8, 4) is 5.88 Å². The first kappa shape index (κ1) is 33.0. The van der Waals surface area contributed by atoms with Gasteiger partial charge < -0.3 is 19.7 Å². The molecule has 0 spiro atoms. The zero-order chi connectivity index (χ0) is 29.5. The van der Waals surface area contributed by atoms with E-state index in [0.29, 0.717) is 36.0 Å². The van der Waals surface area contributed by atoms with Crippen LogP contribution in [0, 0.1) is 12.8 Å². The Balaban J connectivity index is 0.000000655. The molecular weight excluding hydrogens is 564 g/mol. The quantitative estimate of drug-likeness (QED) is 0.323. The Hall–Kier alpha value is -4.24. The molecule has 0 bridgehead atoms. The summed E-state index contributed by atoms with van der Waals surface area (Å²) in [7, 11) is 0. The number of amides is 1. The maximum atomic E-state index is 12.8. The number of aromatic nitrogens is 4. The summed E-state index contributed by atoms with van der Waals surface area (Å²) in [5.74, 6) is -2.01. The molecule has 1 amide bonds. The molecule has 0 saturated heterocycles. The molecule has 0 aliphatic heterocycles. The number of halogens is 6. The molecule has 3 aromatic heterocycles. The molecule has 1 saturated carbocycles. The van der Waals surface area contributed by atoms with Crippen LogP contribution in [0.3, 0.4) is 0 Å². The first-order valence-corrected chi connectivity index (χ1v) is 11.8. The van der Waals surface area contributed by atoms with Crippen LogP contribution in [0.5, 0.6) is 5.88 Å². The molecule has 1 fully saturated rings. The lowest BCUT2D eigenvalue weighted by Crippen LogP contribution is -2.21. The van der Waals surface area contributed by atoms with Gasteiger partial charge in [-0.15, -0.1) is 0 Å². The number of anilines is 1. The van der Waals surface area contributed by atoms with Crippen molar-refractivity contribution in [2.75, 3.05) is 11.9 Å². The van der Waals surface area contributed by atoms with Gasteiger partial charge in [-0.3, -0.25) is 9.78 Å². The van der Waals surface area contributed by atoms with E-state index in [1.165, 1.54) is 31.9 Å². The molecule has 224 valence electrons. The number of carbonyl (C=O) groups is 2. The van der Waals surface area contributed by atoms with E-state index in [4.69, 9.17) is 19.2 Å². The lowest BCUT2D eigenvalue weighted by atomic mass is 10.1. The van der Waals surface area contributed by atoms with Gasteiger partial charge in [0.1, 0.15) is 5.56 Å². The highest BCUT2D eigenvalue weighted by molar-refractivity contribution is 6.05. The number of carboxylic acid groups (broad SMARTS) is 1. The minimum Gasteiger partial charge on any atom is -0.477 e. The molecular formula is C25H27F6N5O5. The predicted octanol–water partition coefficient (Wildman–Crippen LogP) is 5.87. The van der Waals surface area contributed by atoms with Crippen LogP contribution in [0.2, 0.25) is 0 Å². The number of aryl methyl sites for hydroxylation is 1. The third kappa shape index (κ3) is 9.72. The minimum atomic E-state index is -5.08. The minimum absolute atomic E-state index is 0. The normalized spacial score (nSPS) is 13.5. The number of ether oxygens (including phenoxy) is 1. The summed E-state index contributed by atoms with van der Waals surface area (Å²) in [6, 6.07) is 3.36. The number of aliphatic carboxylic acids is 1. The molecule has 0 radical (unpaired) electrons. The topological polar surface area (TPSA) is 140 Å². The van der Waals surface area contributed by atoms with Crippen molar-refractivity contribution >= 4 is 17.6 Å². The monoisotopic (exact) mass is 591 g/mol. The number of carboxylic acids is 1. The highest BCUT2D eigenvalue weighted by Gasteiger charge is 2.38. The fourth-order valence-corrected chi connectivity index (χ4v) is 3.70. The number of carbonyl (C=O) groups excluding carboxylic acids is 1. The van der Waals surface area contributed by atoms with Crippen LogP contribution in [0.25, 0.3) is 0 Å². The van der Waals surface area contributed by atoms with E-state index >= 15 is 0 Å². The molecule has 1 aliphatic carbocycles. The molecule has 0 unspecified atom stereocenters. The van der Waals surface area contributed by atoms with Gasteiger partial charge in [-0.2, -0.15) is 26.3 Å². The number of pyridine rings is 1. The molecule has 0 aromatic carbocycles. The zero-order valence-electron chi connectivity index (χ0n) is 20.8.